The molecule has 4 aromatic rings. The molecule has 0 spiro atoms. The van der Waals surface area contributed by atoms with Gasteiger partial charge in [0.15, 0.2) is 5.43 Å². The normalized spacial score (nSPS) is 15.6. The predicted octanol–water partition coefficient (Wildman–Crippen LogP) is 4.95. The minimum absolute atomic E-state index is 0.102. The Kier molecular flexibility index (Phi) is 8.46. The van der Waals surface area contributed by atoms with Gasteiger partial charge < -0.3 is 19.5 Å². The van der Waals surface area contributed by atoms with Crippen molar-refractivity contribution in [2.75, 3.05) is 31.2 Å². The number of nitrogens with zero attached hydrogens (tertiary/aromatic N) is 4. The number of pyridine rings is 3. The lowest BCUT2D eigenvalue weighted by Gasteiger charge is -2.30. The summed E-state index contributed by atoms with van der Waals surface area (Å²) in [6.45, 7) is 9.06. The topological polar surface area (TPSA) is 72.3 Å². The number of hydrogen-bond donors (Lipinski definition) is 1. The molecule has 198 valence electrons. The van der Waals surface area contributed by atoms with Crippen LogP contribution in [0, 0.1) is 13.8 Å². The monoisotopic (exact) mass is 511 g/mol. The highest BCUT2D eigenvalue weighted by molar-refractivity contribution is 5.79. The minimum atomic E-state index is 0.102. The van der Waals surface area contributed by atoms with Crippen LogP contribution in [0.3, 0.4) is 0 Å². The van der Waals surface area contributed by atoms with Crippen LogP contribution in [-0.4, -0.2) is 40.8 Å². The Hall–Kier alpha value is -3.55. The number of aromatic nitrogens is 3. The van der Waals surface area contributed by atoms with Gasteiger partial charge in [-0.15, -0.1) is 0 Å². The van der Waals surface area contributed by atoms with E-state index >= 15 is 0 Å². The lowest BCUT2D eigenvalue weighted by atomic mass is 10.1. The molecule has 0 unspecified atom stereocenters. The molecule has 2 aliphatic heterocycles. The van der Waals surface area contributed by atoms with Crippen LogP contribution in [0.5, 0.6) is 0 Å². The second-order valence-electron chi connectivity index (χ2n) is 10.2. The zero-order valence-electron chi connectivity index (χ0n) is 22.4. The van der Waals surface area contributed by atoms with Crippen molar-refractivity contribution in [1.29, 1.82) is 0 Å². The summed E-state index contributed by atoms with van der Waals surface area (Å²) in [4.78, 5) is 23.8. The second-order valence-corrected chi connectivity index (χ2v) is 10.2. The van der Waals surface area contributed by atoms with E-state index in [1.807, 2.05) is 62.8 Å². The van der Waals surface area contributed by atoms with Crippen LogP contribution in [-0.2, 0) is 17.8 Å². The van der Waals surface area contributed by atoms with Crippen LogP contribution in [0.4, 0.5) is 5.69 Å². The summed E-state index contributed by atoms with van der Waals surface area (Å²) in [7, 11) is 0. The van der Waals surface area contributed by atoms with E-state index in [-0.39, 0.29) is 5.43 Å². The summed E-state index contributed by atoms with van der Waals surface area (Å²) < 4.78 is 7.53. The highest BCUT2D eigenvalue weighted by Gasteiger charge is 2.22. The summed E-state index contributed by atoms with van der Waals surface area (Å²) in [5, 5.41) is 4.15. The molecule has 2 fully saturated rings. The van der Waals surface area contributed by atoms with Gasteiger partial charge in [-0.05, 0) is 75.1 Å². The third kappa shape index (κ3) is 6.29. The molecule has 2 aliphatic rings. The van der Waals surface area contributed by atoms with Crippen molar-refractivity contribution >= 4 is 16.6 Å². The fraction of sp³-hybridized carbons (Fsp3) is 0.387. The average Bonchev–Trinajstić information content (AvgIpc) is 2.91. The number of hydrogen-bond acceptors (Lipinski definition) is 6. The van der Waals surface area contributed by atoms with Gasteiger partial charge >= 0.3 is 0 Å². The fourth-order valence-corrected chi connectivity index (χ4v) is 5.03. The Balaban J connectivity index is 0.000000190. The number of benzene rings is 1. The van der Waals surface area contributed by atoms with Crippen LogP contribution in [0.1, 0.15) is 47.8 Å². The number of piperidine rings is 1. The van der Waals surface area contributed by atoms with Gasteiger partial charge in [0.1, 0.15) is 0 Å². The summed E-state index contributed by atoms with van der Waals surface area (Å²) in [6.07, 6.45) is 9.83. The van der Waals surface area contributed by atoms with Crippen LogP contribution in [0.15, 0.2) is 71.9 Å². The highest BCUT2D eigenvalue weighted by atomic mass is 16.5. The molecule has 0 radical (unpaired) electrons. The van der Waals surface area contributed by atoms with Gasteiger partial charge in [0.2, 0.25) is 0 Å². The molecular weight excluding hydrogens is 474 g/mol. The molecule has 7 heteroatoms. The van der Waals surface area contributed by atoms with Gasteiger partial charge in [-0.25, -0.2) is 0 Å². The summed E-state index contributed by atoms with van der Waals surface area (Å²) in [5.41, 5.74) is 6.42. The molecule has 0 atom stereocenters. The molecule has 5 heterocycles. The number of aryl methyl sites for hydroxylation is 2. The standard InChI is InChI=1S/C20H21N3O2.C11H16N2/c1-14-8-15(6-7-22-14)9-21-10-16-11-23(17-12-25-13-17)19-5-3-2-4-18(19)20(16)24;1-10-5-6-11(9-12-10)13-7-3-2-4-8-13/h2-8,11,17,21H,9-10,12-13H2,1H3;5-6,9H,2-4,7-8H2,1H3. The summed E-state index contributed by atoms with van der Waals surface area (Å²) in [5.74, 6) is 0. The lowest BCUT2D eigenvalue weighted by molar-refractivity contribution is -0.0217. The van der Waals surface area contributed by atoms with Crippen LogP contribution >= 0.6 is 0 Å². The van der Waals surface area contributed by atoms with Crippen molar-refractivity contribution in [2.24, 2.45) is 0 Å². The molecule has 0 bridgehead atoms. The van der Waals surface area contributed by atoms with E-state index in [0.717, 1.165) is 27.9 Å². The molecule has 0 aliphatic carbocycles. The maximum Gasteiger partial charge on any atom is 0.193 e. The number of anilines is 1. The highest BCUT2D eigenvalue weighted by Crippen LogP contribution is 2.23. The fourth-order valence-electron chi connectivity index (χ4n) is 5.03. The van der Waals surface area contributed by atoms with Crippen LogP contribution < -0.4 is 15.6 Å². The first kappa shape index (κ1) is 26.1. The lowest BCUT2D eigenvalue weighted by Crippen LogP contribution is -2.32. The Morgan fingerprint density at radius 1 is 0.947 bits per heavy atom. The third-order valence-electron chi connectivity index (χ3n) is 7.25. The number of ether oxygens (including phenoxy) is 1. The number of nitrogens with one attached hydrogen (secondary N) is 1. The average molecular weight is 512 g/mol. The van der Waals surface area contributed by atoms with E-state index in [4.69, 9.17) is 4.74 Å². The van der Waals surface area contributed by atoms with Crippen molar-refractivity contribution in [1.82, 2.24) is 19.9 Å². The Morgan fingerprint density at radius 2 is 1.76 bits per heavy atom. The van der Waals surface area contributed by atoms with Crippen molar-refractivity contribution in [3.8, 4) is 0 Å². The van der Waals surface area contributed by atoms with E-state index in [0.29, 0.717) is 32.3 Å². The van der Waals surface area contributed by atoms with E-state index in [9.17, 15) is 4.79 Å². The first-order valence-electron chi connectivity index (χ1n) is 13.6. The largest absolute Gasteiger partial charge is 0.377 e. The Labute approximate surface area is 224 Å². The maximum atomic E-state index is 12.8. The number of rotatable bonds is 6. The number of fused-ring (bicyclic) bond motifs is 1. The zero-order valence-corrected chi connectivity index (χ0v) is 22.4. The molecular formula is C31H37N5O2. The van der Waals surface area contributed by atoms with E-state index < -0.39 is 0 Å². The minimum Gasteiger partial charge on any atom is -0.377 e. The molecule has 3 aromatic heterocycles. The van der Waals surface area contributed by atoms with Crippen LogP contribution in [0.2, 0.25) is 0 Å². The molecule has 6 rings (SSSR count). The second kappa shape index (κ2) is 12.3. The van der Waals surface area contributed by atoms with Gasteiger partial charge in [0.05, 0.1) is 36.7 Å². The van der Waals surface area contributed by atoms with Crippen LogP contribution in [0.25, 0.3) is 10.9 Å². The van der Waals surface area contributed by atoms with E-state index in [2.05, 4.69) is 43.0 Å². The van der Waals surface area contributed by atoms with Gasteiger partial charge in [-0.1, -0.05) is 12.1 Å². The Morgan fingerprint density at radius 3 is 2.47 bits per heavy atom. The smallest absolute Gasteiger partial charge is 0.193 e. The van der Waals surface area contributed by atoms with Gasteiger partial charge in [0.25, 0.3) is 0 Å². The number of para-hydroxylation sites is 1. The molecule has 1 aromatic carbocycles. The molecule has 0 saturated carbocycles. The quantitative estimate of drug-likeness (QED) is 0.395. The van der Waals surface area contributed by atoms with Gasteiger partial charge in [-0.3, -0.25) is 14.8 Å². The van der Waals surface area contributed by atoms with E-state index in [1.165, 1.54) is 43.6 Å². The first-order valence-corrected chi connectivity index (χ1v) is 13.6. The van der Waals surface area contributed by atoms with Crippen molar-refractivity contribution < 1.29 is 4.74 Å². The summed E-state index contributed by atoms with van der Waals surface area (Å²) >= 11 is 0. The van der Waals surface area contributed by atoms with Crippen molar-refractivity contribution in [3.63, 3.8) is 0 Å². The maximum absolute atomic E-state index is 12.8. The van der Waals surface area contributed by atoms with Gasteiger partial charge in [0, 0.05) is 60.9 Å². The zero-order chi connectivity index (χ0) is 26.3. The van der Waals surface area contributed by atoms with E-state index in [1.54, 1.807) is 0 Å². The molecule has 38 heavy (non-hydrogen) atoms. The predicted molar refractivity (Wildman–Crippen MR) is 153 cm³/mol. The van der Waals surface area contributed by atoms with Gasteiger partial charge in [-0.2, -0.15) is 0 Å². The molecule has 1 N–H and O–H groups in total. The molecule has 7 nitrogen and oxygen atoms in total. The first-order chi connectivity index (χ1) is 18.6. The van der Waals surface area contributed by atoms with Crippen molar-refractivity contribution in [3.05, 3.63) is 99.9 Å². The SMILES string of the molecule is Cc1cc(CNCc2cn(C3COC3)c3ccccc3c2=O)ccn1.Cc1ccc(N2CCCCC2)cn1. The Bertz CT molecular complexity index is 1410. The molecule has 0 amide bonds. The third-order valence-corrected chi connectivity index (χ3v) is 7.25. The van der Waals surface area contributed by atoms with Crippen molar-refractivity contribution in [2.45, 2.75) is 52.2 Å². The molecule has 2 saturated heterocycles. The summed E-state index contributed by atoms with van der Waals surface area (Å²) in [6, 6.07) is 16.4.